The number of rotatable bonds is 4. The predicted octanol–water partition coefficient (Wildman–Crippen LogP) is 3.13. The van der Waals surface area contributed by atoms with E-state index < -0.39 is 0 Å². The van der Waals surface area contributed by atoms with Crippen molar-refractivity contribution in [2.24, 2.45) is 0 Å². The summed E-state index contributed by atoms with van der Waals surface area (Å²) < 4.78 is 12.3. The number of aldehydes is 1. The summed E-state index contributed by atoms with van der Waals surface area (Å²) in [6.45, 7) is 6.10. The number of nitrogens with zero attached hydrogens (tertiary/aromatic N) is 2. The zero-order chi connectivity index (χ0) is 15.6. The van der Waals surface area contributed by atoms with E-state index in [0.717, 1.165) is 11.8 Å². The molecule has 0 atom stereocenters. The van der Waals surface area contributed by atoms with Crippen LogP contribution in [-0.2, 0) is 5.54 Å². The van der Waals surface area contributed by atoms with Crippen LogP contribution in [-0.4, -0.2) is 30.3 Å². The maximum atomic E-state index is 11.3. The summed E-state index contributed by atoms with van der Waals surface area (Å²) in [5.74, 6) is 1.25. The zero-order valence-corrected chi connectivity index (χ0v) is 13.0. The van der Waals surface area contributed by atoms with Crippen molar-refractivity contribution < 1.29 is 14.3 Å². The van der Waals surface area contributed by atoms with E-state index in [1.165, 1.54) is 0 Å². The second-order valence-corrected chi connectivity index (χ2v) is 5.74. The normalized spacial score (nSPS) is 11.3. The Morgan fingerprint density at radius 2 is 1.81 bits per heavy atom. The number of methoxy groups -OCH3 is 2. The molecule has 1 aromatic heterocycles. The minimum absolute atomic E-state index is 0.188. The average Bonchev–Trinajstić information content (AvgIpc) is 2.90. The number of hydrogen-bond donors (Lipinski definition) is 0. The number of hydrogen-bond acceptors (Lipinski definition) is 4. The van der Waals surface area contributed by atoms with E-state index in [9.17, 15) is 4.79 Å². The summed E-state index contributed by atoms with van der Waals surface area (Å²) in [7, 11) is 3.17. The second kappa shape index (κ2) is 5.60. The lowest BCUT2D eigenvalue weighted by Crippen LogP contribution is -2.22. The van der Waals surface area contributed by atoms with Crippen LogP contribution in [0.25, 0.3) is 11.3 Å². The molecule has 5 nitrogen and oxygen atoms in total. The van der Waals surface area contributed by atoms with Gasteiger partial charge < -0.3 is 9.47 Å². The average molecular weight is 288 g/mol. The Kier molecular flexibility index (Phi) is 4.02. The summed E-state index contributed by atoms with van der Waals surface area (Å²) >= 11 is 0. The van der Waals surface area contributed by atoms with Crippen LogP contribution < -0.4 is 9.47 Å². The van der Waals surface area contributed by atoms with Gasteiger partial charge in [-0.05, 0) is 39.0 Å². The fourth-order valence-corrected chi connectivity index (χ4v) is 2.03. The van der Waals surface area contributed by atoms with Gasteiger partial charge in [-0.15, -0.1) is 0 Å². The topological polar surface area (TPSA) is 53.4 Å². The molecular formula is C16H20N2O3. The first-order valence-corrected chi connectivity index (χ1v) is 6.68. The molecule has 0 radical (unpaired) electrons. The fourth-order valence-electron chi connectivity index (χ4n) is 2.03. The van der Waals surface area contributed by atoms with Crippen molar-refractivity contribution >= 4 is 6.29 Å². The first-order chi connectivity index (χ1) is 9.90. The SMILES string of the molecule is COc1ccc(-c2nn(C(C)(C)C)cc2C=O)cc1OC. The van der Waals surface area contributed by atoms with E-state index in [1.807, 2.05) is 32.9 Å². The van der Waals surface area contributed by atoms with Gasteiger partial charge in [-0.3, -0.25) is 9.48 Å². The molecule has 1 aromatic carbocycles. The van der Waals surface area contributed by atoms with Crippen LogP contribution in [0, 0.1) is 0 Å². The number of carbonyl (C=O) groups excluding carboxylic acids is 1. The van der Waals surface area contributed by atoms with Crippen molar-refractivity contribution in [3.05, 3.63) is 30.0 Å². The highest BCUT2D eigenvalue weighted by atomic mass is 16.5. The molecule has 21 heavy (non-hydrogen) atoms. The highest BCUT2D eigenvalue weighted by Gasteiger charge is 2.19. The maximum Gasteiger partial charge on any atom is 0.161 e. The van der Waals surface area contributed by atoms with Gasteiger partial charge in [0.2, 0.25) is 0 Å². The molecule has 0 saturated carbocycles. The molecular weight excluding hydrogens is 268 g/mol. The summed E-state index contributed by atoms with van der Waals surface area (Å²) in [6, 6.07) is 5.49. The molecule has 112 valence electrons. The Morgan fingerprint density at radius 3 is 2.33 bits per heavy atom. The van der Waals surface area contributed by atoms with Gasteiger partial charge in [0, 0.05) is 11.8 Å². The van der Waals surface area contributed by atoms with Gasteiger partial charge in [0.05, 0.1) is 25.3 Å². The van der Waals surface area contributed by atoms with Crippen LogP contribution >= 0.6 is 0 Å². The van der Waals surface area contributed by atoms with Gasteiger partial charge in [-0.2, -0.15) is 5.10 Å². The van der Waals surface area contributed by atoms with E-state index >= 15 is 0 Å². The van der Waals surface area contributed by atoms with Crippen LogP contribution in [0.1, 0.15) is 31.1 Å². The Bertz CT molecular complexity index is 654. The molecule has 0 aliphatic carbocycles. The Morgan fingerprint density at radius 1 is 1.14 bits per heavy atom. The molecule has 0 spiro atoms. The molecule has 2 aromatic rings. The minimum atomic E-state index is -0.188. The smallest absolute Gasteiger partial charge is 0.161 e. The predicted molar refractivity (Wildman–Crippen MR) is 81.2 cm³/mol. The van der Waals surface area contributed by atoms with Gasteiger partial charge in [0.1, 0.15) is 5.69 Å². The molecule has 0 bridgehead atoms. The molecule has 0 aliphatic rings. The van der Waals surface area contributed by atoms with E-state index in [0.29, 0.717) is 22.8 Å². The van der Waals surface area contributed by atoms with Crippen LogP contribution in [0.3, 0.4) is 0 Å². The Labute approximate surface area is 124 Å². The highest BCUT2D eigenvalue weighted by Crippen LogP contribution is 2.33. The third-order valence-electron chi connectivity index (χ3n) is 3.21. The largest absolute Gasteiger partial charge is 0.493 e. The molecule has 0 unspecified atom stereocenters. The molecule has 5 heteroatoms. The van der Waals surface area contributed by atoms with E-state index in [2.05, 4.69) is 5.10 Å². The summed E-state index contributed by atoms with van der Waals surface area (Å²) in [5, 5.41) is 4.54. The lowest BCUT2D eigenvalue weighted by molar-refractivity contribution is 0.112. The minimum Gasteiger partial charge on any atom is -0.493 e. The van der Waals surface area contributed by atoms with Crippen LogP contribution in [0.2, 0.25) is 0 Å². The lowest BCUT2D eigenvalue weighted by atomic mass is 10.1. The first kappa shape index (κ1) is 15.1. The Hall–Kier alpha value is -2.30. The zero-order valence-electron chi connectivity index (χ0n) is 13.0. The Balaban J connectivity index is 2.56. The van der Waals surface area contributed by atoms with Crippen LogP contribution in [0.4, 0.5) is 0 Å². The summed E-state index contributed by atoms with van der Waals surface area (Å²) in [5.41, 5.74) is 1.82. The third kappa shape index (κ3) is 2.91. The first-order valence-electron chi connectivity index (χ1n) is 6.68. The van der Waals surface area contributed by atoms with E-state index in [-0.39, 0.29) is 5.54 Å². The number of ether oxygens (including phenoxy) is 2. The quantitative estimate of drug-likeness (QED) is 0.811. The third-order valence-corrected chi connectivity index (χ3v) is 3.21. The van der Waals surface area contributed by atoms with Crippen molar-refractivity contribution in [2.75, 3.05) is 14.2 Å². The van der Waals surface area contributed by atoms with Crippen LogP contribution in [0.5, 0.6) is 11.5 Å². The number of carbonyl (C=O) groups is 1. The van der Waals surface area contributed by atoms with Crippen molar-refractivity contribution in [3.63, 3.8) is 0 Å². The van der Waals surface area contributed by atoms with Gasteiger partial charge in [0.25, 0.3) is 0 Å². The second-order valence-electron chi connectivity index (χ2n) is 5.74. The molecule has 0 amide bonds. The van der Waals surface area contributed by atoms with Crippen molar-refractivity contribution in [2.45, 2.75) is 26.3 Å². The van der Waals surface area contributed by atoms with E-state index in [4.69, 9.17) is 9.47 Å². The molecule has 2 rings (SSSR count). The molecule has 0 saturated heterocycles. The lowest BCUT2D eigenvalue weighted by Gasteiger charge is -2.18. The monoisotopic (exact) mass is 288 g/mol. The van der Waals surface area contributed by atoms with Crippen molar-refractivity contribution in [1.82, 2.24) is 9.78 Å². The maximum absolute atomic E-state index is 11.3. The fraction of sp³-hybridized carbons (Fsp3) is 0.375. The summed E-state index contributed by atoms with van der Waals surface area (Å²) in [4.78, 5) is 11.3. The molecule has 0 aliphatic heterocycles. The van der Waals surface area contributed by atoms with Gasteiger partial charge in [-0.25, -0.2) is 0 Å². The standard InChI is InChI=1S/C16H20N2O3/c1-16(2,3)18-9-12(10-19)15(17-18)11-6-7-13(20-4)14(8-11)21-5/h6-10H,1-5H3. The number of aromatic nitrogens is 2. The summed E-state index contributed by atoms with van der Waals surface area (Å²) in [6.07, 6.45) is 2.58. The van der Waals surface area contributed by atoms with Crippen LogP contribution in [0.15, 0.2) is 24.4 Å². The van der Waals surface area contributed by atoms with Gasteiger partial charge >= 0.3 is 0 Å². The van der Waals surface area contributed by atoms with E-state index in [1.54, 1.807) is 31.2 Å². The molecule has 0 N–H and O–H groups in total. The highest BCUT2D eigenvalue weighted by molar-refractivity contribution is 5.85. The molecule has 0 fully saturated rings. The number of benzene rings is 1. The molecule has 1 heterocycles. The van der Waals surface area contributed by atoms with Gasteiger partial charge in [0.15, 0.2) is 17.8 Å². The van der Waals surface area contributed by atoms with Crippen molar-refractivity contribution in [3.8, 4) is 22.8 Å². The van der Waals surface area contributed by atoms with Crippen molar-refractivity contribution in [1.29, 1.82) is 0 Å². The van der Waals surface area contributed by atoms with Gasteiger partial charge in [-0.1, -0.05) is 0 Å².